The minimum atomic E-state index is -0.255. The van der Waals surface area contributed by atoms with E-state index in [1.807, 2.05) is 0 Å². The molecule has 3 N–H and O–H groups in total. The molecule has 0 bridgehead atoms. The Hall–Kier alpha value is -1.34. The summed E-state index contributed by atoms with van der Waals surface area (Å²) in [6, 6.07) is 5.01. The highest BCUT2D eigenvalue weighted by molar-refractivity contribution is 6.42. The van der Waals surface area contributed by atoms with Gasteiger partial charge in [0.1, 0.15) is 0 Å². The lowest BCUT2D eigenvalue weighted by molar-refractivity contribution is -0.133. The summed E-state index contributed by atoms with van der Waals surface area (Å²) in [5, 5.41) is 10.8. The third-order valence-corrected chi connectivity index (χ3v) is 7.96. The second-order valence-electron chi connectivity index (χ2n) is 11.0. The van der Waals surface area contributed by atoms with Gasteiger partial charge in [-0.05, 0) is 74.6 Å². The van der Waals surface area contributed by atoms with Crippen molar-refractivity contribution in [2.45, 2.75) is 77.9 Å². The molecule has 2 aliphatic rings. The number of nitrogens with zero attached hydrogens (tertiary/aromatic N) is 1. The van der Waals surface area contributed by atoms with Gasteiger partial charge in [-0.3, -0.25) is 9.59 Å². The number of amides is 2. The predicted octanol–water partition coefficient (Wildman–Crippen LogP) is 4.74. The van der Waals surface area contributed by atoms with E-state index in [4.69, 9.17) is 23.2 Å². The van der Waals surface area contributed by atoms with Gasteiger partial charge < -0.3 is 20.9 Å². The van der Waals surface area contributed by atoms with Crippen LogP contribution < -0.4 is 16.0 Å². The Kier molecular flexibility index (Phi) is 10.7. The first-order chi connectivity index (χ1) is 16.6. The lowest BCUT2D eigenvalue weighted by Gasteiger charge is -2.35. The molecule has 196 valence electrons. The summed E-state index contributed by atoms with van der Waals surface area (Å²) in [5.41, 5.74) is 0.476. The van der Waals surface area contributed by atoms with Crippen LogP contribution in [0.2, 0.25) is 10.0 Å². The van der Waals surface area contributed by atoms with Crippen LogP contribution in [0.5, 0.6) is 0 Å². The number of carbonyl (C=O) groups is 2. The van der Waals surface area contributed by atoms with Gasteiger partial charge >= 0.3 is 0 Å². The van der Waals surface area contributed by atoms with E-state index in [0.717, 1.165) is 37.8 Å². The third kappa shape index (κ3) is 8.63. The summed E-state index contributed by atoms with van der Waals surface area (Å²) in [6.45, 7) is 11.7. The van der Waals surface area contributed by atoms with E-state index in [1.165, 1.54) is 19.3 Å². The lowest BCUT2D eigenvalue weighted by atomic mass is 9.76. The zero-order valence-corrected chi connectivity index (χ0v) is 23.1. The average Bonchev–Trinajstić information content (AvgIpc) is 2.92. The third-order valence-electron chi connectivity index (χ3n) is 7.23. The SMILES string of the molecule is CC1CC(C)CC(CN2CCC(CNC(=O)c3ccc(Cl)c(Cl)c3)NC(CCNC(C)C)C2=O)C1. The van der Waals surface area contributed by atoms with E-state index in [0.29, 0.717) is 40.7 Å². The van der Waals surface area contributed by atoms with Crippen molar-refractivity contribution in [2.24, 2.45) is 17.8 Å². The molecule has 1 heterocycles. The maximum Gasteiger partial charge on any atom is 0.251 e. The van der Waals surface area contributed by atoms with Crippen LogP contribution in [0.3, 0.4) is 0 Å². The molecular weight excluding hydrogens is 483 g/mol. The number of rotatable bonds is 9. The molecule has 4 atom stereocenters. The molecule has 1 aromatic carbocycles. The van der Waals surface area contributed by atoms with E-state index < -0.39 is 0 Å². The lowest BCUT2D eigenvalue weighted by Crippen LogP contribution is -2.50. The van der Waals surface area contributed by atoms with Crippen molar-refractivity contribution >= 4 is 35.0 Å². The molecule has 1 saturated carbocycles. The molecule has 3 rings (SSSR count). The summed E-state index contributed by atoms with van der Waals surface area (Å²) >= 11 is 12.1. The standard InChI is InChI=1S/C27H42Cl2N4O2/c1-17(2)30-9-7-25-27(35)33(16-20-12-18(3)11-19(4)13-20)10-8-22(32-25)15-31-26(34)21-5-6-23(28)24(29)14-21/h5-6,14,17-20,22,25,30,32H,7-13,15-16H2,1-4H3,(H,31,34). The molecule has 0 aromatic heterocycles. The van der Waals surface area contributed by atoms with Crippen LogP contribution in [0.15, 0.2) is 18.2 Å². The van der Waals surface area contributed by atoms with Crippen LogP contribution in [-0.4, -0.2) is 61.0 Å². The Morgan fingerprint density at radius 3 is 2.51 bits per heavy atom. The largest absolute Gasteiger partial charge is 0.350 e. The van der Waals surface area contributed by atoms with Crippen molar-refractivity contribution in [3.8, 4) is 0 Å². The zero-order chi connectivity index (χ0) is 25.5. The number of hydrogen-bond donors (Lipinski definition) is 3. The predicted molar refractivity (Wildman–Crippen MR) is 144 cm³/mol. The fraction of sp³-hybridized carbons (Fsp3) is 0.704. The Labute approximate surface area is 220 Å². The van der Waals surface area contributed by atoms with Crippen LogP contribution in [0.25, 0.3) is 0 Å². The first kappa shape index (κ1) is 28.2. The van der Waals surface area contributed by atoms with Crippen molar-refractivity contribution in [1.82, 2.24) is 20.9 Å². The van der Waals surface area contributed by atoms with Crippen LogP contribution >= 0.6 is 23.2 Å². The monoisotopic (exact) mass is 524 g/mol. The topological polar surface area (TPSA) is 73.5 Å². The summed E-state index contributed by atoms with van der Waals surface area (Å²) in [5.74, 6) is 2.01. The first-order valence-corrected chi connectivity index (χ1v) is 13.9. The molecule has 0 spiro atoms. The number of nitrogens with one attached hydrogen (secondary N) is 3. The smallest absolute Gasteiger partial charge is 0.251 e. The number of halogens is 2. The van der Waals surface area contributed by atoms with E-state index in [-0.39, 0.29) is 23.9 Å². The number of carbonyl (C=O) groups excluding carboxylic acids is 2. The van der Waals surface area contributed by atoms with Crippen molar-refractivity contribution in [3.05, 3.63) is 33.8 Å². The van der Waals surface area contributed by atoms with Gasteiger partial charge in [0.25, 0.3) is 5.91 Å². The van der Waals surface area contributed by atoms with E-state index in [2.05, 4.69) is 48.5 Å². The van der Waals surface area contributed by atoms with Gasteiger partial charge in [-0.1, -0.05) is 50.9 Å². The summed E-state index contributed by atoms with van der Waals surface area (Å²) in [4.78, 5) is 28.3. The molecule has 1 aliphatic heterocycles. The Bertz CT molecular complexity index is 856. The molecule has 35 heavy (non-hydrogen) atoms. The van der Waals surface area contributed by atoms with Crippen molar-refractivity contribution in [3.63, 3.8) is 0 Å². The van der Waals surface area contributed by atoms with Crippen molar-refractivity contribution < 1.29 is 9.59 Å². The quantitative estimate of drug-likeness (QED) is 0.436. The second kappa shape index (κ2) is 13.3. The summed E-state index contributed by atoms with van der Waals surface area (Å²) < 4.78 is 0. The summed E-state index contributed by atoms with van der Waals surface area (Å²) in [7, 11) is 0. The van der Waals surface area contributed by atoms with Gasteiger partial charge in [0.15, 0.2) is 0 Å². The van der Waals surface area contributed by atoms with Crippen LogP contribution in [0, 0.1) is 17.8 Å². The van der Waals surface area contributed by atoms with E-state index in [1.54, 1.807) is 18.2 Å². The Morgan fingerprint density at radius 1 is 1.14 bits per heavy atom. The molecule has 2 amide bonds. The number of hydrogen-bond acceptors (Lipinski definition) is 4. The molecule has 2 fully saturated rings. The molecular formula is C27H42Cl2N4O2. The fourth-order valence-electron chi connectivity index (χ4n) is 5.68. The molecule has 1 aliphatic carbocycles. The van der Waals surface area contributed by atoms with Crippen LogP contribution in [0.4, 0.5) is 0 Å². The highest BCUT2D eigenvalue weighted by Crippen LogP contribution is 2.33. The normalized spacial score (nSPS) is 27.7. The average molecular weight is 526 g/mol. The van der Waals surface area contributed by atoms with Crippen molar-refractivity contribution in [1.29, 1.82) is 0 Å². The molecule has 4 unspecified atom stereocenters. The van der Waals surface area contributed by atoms with Gasteiger partial charge in [-0.25, -0.2) is 0 Å². The van der Waals surface area contributed by atoms with Crippen molar-refractivity contribution in [2.75, 3.05) is 26.2 Å². The minimum Gasteiger partial charge on any atom is -0.350 e. The zero-order valence-electron chi connectivity index (χ0n) is 21.6. The summed E-state index contributed by atoms with van der Waals surface area (Å²) in [6.07, 6.45) is 5.21. The molecule has 8 heteroatoms. The van der Waals surface area contributed by atoms with E-state index in [9.17, 15) is 9.59 Å². The highest BCUT2D eigenvalue weighted by atomic mass is 35.5. The van der Waals surface area contributed by atoms with Crippen LogP contribution in [-0.2, 0) is 4.79 Å². The number of benzene rings is 1. The van der Waals surface area contributed by atoms with Gasteiger partial charge in [0.05, 0.1) is 16.1 Å². The Morgan fingerprint density at radius 2 is 1.86 bits per heavy atom. The van der Waals surface area contributed by atoms with Gasteiger partial charge in [0.2, 0.25) is 5.91 Å². The first-order valence-electron chi connectivity index (χ1n) is 13.1. The highest BCUT2D eigenvalue weighted by Gasteiger charge is 2.33. The van der Waals surface area contributed by atoms with Gasteiger partial charge in [-0.2, -0.15) is 0 Å². The molecule has 0 radical (unpaired) electrons. The molecule has 1 aromatic rings. The maximum atomic E-state index is 13.6. The maximum absolute atomic E-state index is 13.6. The van der Waals surface area contributed by atoms with Gasteiger partial charge in [-0.15, -0.1) is 0 Å². The van der Waals surface area contributed by atoms with E-state index >= 15 is 0 Å². The minimum absolute atomic E-state index is 0.0175. The van der Waals surface area contributed by atoms with Crippen LogP contribution in [0.1, 0.15) is 70.2 Å². The fourth-order valence-corrected chi connectivity index (χ4v) is 5.97. The second-order valence-corrected chi connectivity index (χ2v) is 11.8. The Balaban J connectivity index is 1.63. The molecule has 6 nitrogen and oxygen atoms in total. The van der Waals surface area contributed by atoms with Gasteiger partial charge in [0, 0.05) is 37.3 Å². The molecule has 1 saturated heterocycles.